The number of hydrogen-bond acceptors (Lipinski definition) is 6. The summed E-state index contributed by atoms with van der Waals surface area (Å²) in [4.78, 5) is 17.7. The van der Waals surface area contributed by atoms with Crippen LogP contribution in [0.4, 0.5) is 0 Å². The van der Waals surface area contributed by atoms with Gasteiger partial charge in [0.1, 0.15) is 21.3 Å². The summed E-state index contributed by atoms with van der Waals surface area (Å²) in [6.07, 6.45) is 0.881. The Morgan fingerprint density at radius 3 is 2.61 bits per heavy atom. The molecule has 1 unspecified atom stereocenters. The highest BCUT2D eigenvalue weighted by Crippen LogP contribution is 2.29. The van der Waals surface area contributed by atoms with E-state index >= 15 is 0 Å². The van der Waals surface area contributed by atoms with Gasteiger partial charge in [0.25, 0.3) is 5.91 Å². The second-order valence-electron chi connectivity index (χ2n) is 6.58. The first-order valence-corrected chi connectivity index (χ1v) is 10.2. The summed E-state index contributed by atoms with van der Waals surface area (Å²) in [6.45, 7) is 10.4. The first-order valence-electron chi connectivity index (χ1n) is 9.38. The van der Waals surface area contributed by atoms with Crippen LogP contribution in [0.5, 0.6) is 5.75 Å². The highest BCUT2D eigenvalue weighted by Gasteiger charge is 2.21. The van der Waals surface area contributed by atoms with Gasteiger partial charge in [0, 0.05) is 6.04 Å². The zero-order valence-electron chi connectivity index (χ0n) is 16.8. The van der Waals surface area contributed by atoms with Gasteiger partial charge in [-0.3, -0.25) is 4.79 Å². The third-order valence-corrected chi connectivity index (χ3v) is 5.65. The summed E-state index contributed by atoms with van der Waals surface area (Å²) in [6, 6.07) is 7.82. The molecule has 0 saturated carbocycles. The van der Waals surface area contributed by atoms with Gasteiger partial charge in [-0.25, -0.2) is 9.67 Å². The summed E-state index contributed by atoms with van der Waals surface area (Å²) in [5.74, 6) is 0.726. The molecule has 8 heteroatoms. The van der Waals surface area contributed by atoms with Crippen molar-refractivity contribution in [1.29, 1.82) is 0 Å². The van der Waals surface area contributed by atoms with Crippen LogP contribution in [-0.4, -0.2) is 38.5 Å². The van der Waals surface area contributed by atoms with Crippen LogP contribution in [0.3, 0.4) is 0 Å². The van der Waals surface area contributed by atoms with E-state index in [9.17, 15) is 4.79 Å². The first-order chi connectivity index (χ1) is 13.4. The number of aromatic nitrogens is 4. The van der Waals surface area contributed by atoms with E-state index in [4.69, 9.17) is 4.74 Å². The number of amides is 1. The fourth-order valence-corrected chi connectivity index (χ4v) is 3.73. The lowest BCUT2D eigenvalue weighted by Gasteiger charge is -2.09. The lowest BCUT2D eigenvalue weighted by atomic mass is 10.2. The molecule has 3 rings (SSSR count). The normalized spacial score (nSPS) is 12.0. The summed E-state index contributed by atoms with van der Waals surface area (Å²) in [7, 11) is 0. The molecule has 0 fully saturated rings. The van der Waals surface area contributed by atoms with E-state index in [1.807, 2.05) is 58.9 Å². The number of nitrogens with one attached hydrogen (secondary N) is 1. The maximum atomic E-state index is 12.5. The smallest absolute Gasteiger partial charge is 0.263 e. The molecule has 0 aliphatic heterocycles. The largest absolute Gasteiger partial charge is 0.494 e. The Hall–Kier alpha value is -2.74. The van der Waals surface area contributed by atoms with E-state index in [1.54, 1.807) is 4.68 Å². The molecule has 28 heavy (non-hydrogen) atoms. The number of aryl methyl sites for hydroxylation is 1. The van der Waals surface area contributed by atoms with Crippen molar-refractivity contribution in [2.45, 2.75) is 47.1 Å². The molecule has 1 atom stereocenters. The molecular weight excluding hydrogens is 374 g/mol. The lowest BCUT2D eigenvalue weighted by Crippen LogP contribution is -2.31. The minimum Gasteiger partial charge on any atom is -0.494 e. The molecule has 1 N–H and O–H groups in total. The zero-order chi connectivity index (χ0) is 20.3. The summed E-state index contributed by atoms with van der Waals surface area (Å²) in [5, 5.41) is 12.3. The van der Waals surface area contributed by atoms with Crippen molar-refractivity contribution >= 4 is 17.2 Å². The van der Waals surface area contributed by atoms with Crippen LogP contribution in [0, 0.1) is 13.8 Å². The Balaban J connectivity index is 1.88. The number of thiazole rings is 1. The van der Waals surface area contributed by atoms with E-state index < -0.39 is 0 Å². The molecule has 7 nitrogen and oxygen atoms in total. The minimum absolute atomic E-state index is 0.0906. The SMILES string of the molecule is CCOc1ccc(-n2nnc(-c3nc(C)c(C(=O)NC(C)CC)s3)c2C)cc1. The third-order valence-electron chi connectivity index (χ3n) is 4.48. The van der Waals surface area contributed by atoms with Crippen molar-refractivity contribution < 1.29 is 9.53 Å². The van der Waals surface area contributed by atoms with E-state index in [-0.39, 0.29) is 11.9 Å². The average Bonchev–Trinajstić information content (AvgIpc) is 3.25. The molecule has 2 aromatic heterocycles. The quantitative estimate of drug-likeness (QED) is 0.651. The maximum absolute atomic E-state index is 12.5. The molecule has 1 amide bonds. The van der Waals surface area contributed by atoms with E-state index in [0.29, 0.717) is 27.9 Å². The van der Waals surface area contributed by atoms with Gasteiger partial charge in [0.2, 0.25) is 0 Å². The predicted octanol–water partition coefficient (Wildman–Crippen LogP) is 3.93. The second-order valence-corrected chi connectivity index (χ2v) is 7.58. The number of rotatable bonds is 7. The van der Waals surface area contributed by atoms with Crippen molar-refractivity contribution in [2.24, 2.45) is 0 Å². The van der Waals surface area contributed by atoms with Crippen LogP contribution in [0.15, 0.2) is 24.3 Å². The fourth-order valence-electron chi connectivity index (χ4n) is 2.72. The van der Waals surface area contributed by atoms with Crippen molar-refractivity contribution in [1.82, 2.24) is 25.3 Å². The number of carbonyl (C=O) groups is 1. The molecule has 0 bridgehead atoms. The van der Waals surface area contributed by atoms with Crippen molar-refractivity contribution in [3.8, 4) is 22.1 Å². The molecular formula is C20H25N5O2S. The first kappa shape index (κ1) is 20.0. The fraction of sp³-hybridized carbons (Fsp3) is 0.400. The van der Waals surface area contributed by atoms with Gasteiger partial charge < -0.3 is 10.1 Å². The number of hydrogen-bond donors (Lipinski definition) is 1. The highest BCUT2D eigenvalue weighted by molar-refractivity contribution is 7.17. The standard InChI is InChI=1S/C20H25N5O2S/c1-6-12(3)21-19(26)18-13(4)22-20(28-18)17-14(5)25(24-23-17)15-8-10-16(11-9-15)27-7-2/h8-12H,6-7H2,1-5H3,(H,21,26). The van der Waals surface area contributed by atoms with E-state index in [2.05, 4.69) is 20.6 Å². The van der Waals surface area contributed by atoms with Crippen LogP contribution in [0.2, 0.25) is 0 Å². The maximum Gasteiger partial charge on any atom is 0.263 e. The molecule has 0 spiro atoms. The van der Waals surface area contributed by atoms with Crippen LogP contribution in [-0.2, 0) is 0 Å². The van der Waals surface area contributed by atoms with Crippen molar-refractivity contribution in [3.05, 3.63) is 40.5 Å². The second kappa shape index (κ2) is 8.52. The van der Waals surface area contributed by atoms with Gasteiger partial charge in [0.15, 0.2) is 0 Å². The van der Waals surface area contributed by atoms with Crippen molar-refractivity contribution in [3.63, 3.8) is 0 Å². The monoisotopic (exact) mass is 399 g/mol. The molecule has 3 aromatic rings. The minimum atomic E-state index is -0.0906. The Labute approximate surface area is 168 Å². The van der Waals surface area contributed by atoms with Crippen LogP contribution in [0.25, 0.3) is 16.4 Å². The number of nitrogens with zero attached hydrogens (tertiary/aromatic N) is 4. The third kappa shape index (κ3) is 4.06. The topological polar surface area (TPSA) is 81.9 Å². The molecule has 0 radical (unpaired) electrons. The van der Waals surface area contributed by atoms with E-state index in [1.165, 1.54) is 11.3 Å². The number of carbonyl (C=O) groups excluding carboxylic acids is 1. The molecule has 0 aliphatic rings. The Morgan fingerprint density at radius 1 is 1.25 bits per heavy atom. The number of ether oxygens (including phenoxy) is 1. The van der Waals surface area contributed by atoms with Crippen LogP contribution < -0.4 is 10.1 Å². The van der Waals surface area contributed by atoms with Gasteiger partial charge in [0.05, 0.1) is 23.7 Å². The molecule has 0 aliphatic carbocycles. The van der Waals surface area contributed by atoms with Gasteiger partial charge >= 0.3 is 0 Å². The zero-order valence-corrected chi connectivity index (χ0v) is 17.6. The Kier molecular flexibility index (Phi) is 6.08. The van der Waals surface area contributed by atoms with Gasteiger partial charge in [-0.15, -0.1) is 16.4 Å². The summed E-state index contributed by atoms with van der Waals surface area (Å²) in [5.41, 5.74) is 3.15. The Bertz CT molecular complexity index is 962. The Morgan fingerprint density at radius 2 is 1.96 bits per heavy atom. The average molecular weight is 400 g/mol. The highest BCUT2D eigenvalue weighted by atomic mass is 32.1. The van der Waals surface area contributed by atoms with Gasteiger partial charge in [-0.1, -0.05) is 12.1 Å². The van der Waals surface area contributed by atoms with Crippen molar-refractivity contribution in [2.75, 3.05) is 6.61 Å². The molecule has 1 aromatic carbocycles. The van der Waals surface area contributed by atoms with Gasteiger partial charge in [-0.2, -0.15) is 0 Å². The molecule has 2 heterocycles. The van der Waals surface area contributed by atoms with E-state index in [0.717, 1.165) is 23.6 Å². The number of benzene rings is 1. The lowest BCUT2D eigenvalue weighted by molar-refractivity contribution is 0.0942. The van der Waals surface area contributed by atoms with Crippen LogP contribution in [0.1, 0.15) is 48.3 Å². The summed E-state index contributed by atoms with van der Waals surface area (Å²) < 4.78 is 7.25. The predicted molar refractivity (Wildman–Crippen MR) is 110 cm³/mol. The molecule has 148 valence electrons. The van der Waals surface area contributed by atoms with Crippen LogP contribution >= 0.6 is 11.3 Å². The summed E-state index contributed by atoms with van der Waals surface area (Å²) >= 11 is 1.35. The molecule has 0 saturated heterocycles. The van der Waals surface area contributed by atoms with Gasteiger partial charge in [-0.05, 0) is 58.4 Å².